The van der Waals surface area contributed by atoms with Crippen molar-refractivity contribution in [3.63, 3.8) is 0 Å². The minimum Gasteiger partial charge on any atom is -0.357 e. The summed E-state index contributed by atoms with van der Waals surface area (Å²) in [6, 6.07) is 8.31. The van der Waals surface area contributed by atoms with Gasteiger partial charge >= 0.3 is 0 Å². The summed E-state index contributed by atoms with van der Waals surface area (Å²) in [5.41, 5.74) is 3.54. The van der Waals surface area contributed by atoms with Gasteiger partial charge in [0.1, 0.15) is 0 Å². The second kappa shape index (κ2) is 7.18. The number of aromatic nitrogens is 1. The molecule has 1 N–H and O–H groups in total. The molecule has 1 aromatic carbocycles. The van der Waals surface area contributed by atoms with Gasteiger partial charge in [-0.3, -0.25) is 4.79 Å². The van der Waals surface area contributed by atoms with Crippen LogP contribution < -0.4 is 0 Å². The van der Waals surface area contributed by atoms with Crippen molar-refractivity contribution in [2.24, 2.45) is 0 Å². The maximum atomic E-state index is 12.3. The maximum Gasteiger partial charge on any atom is 0.222 e. The highest BCUT2D eigenvalue weighted by Gasteiger charge is 2.15. The number of fused-ring (bicyclic) bond motifs is 1. The van der Waals surface area contributed by atoms with E-state index in [1.54, 1.807) is 0 Å². The predicted molar refractivity (Wildman–Crippen MR) is 94.4 cm³/mol. The van der Waals surface area contributed by atoms with Crippen molar-refractivity contribution < 1.29 is 4.79 Å². The van der Waals surface area contributed by atoms with Gasteiger partial charge in [-0.05, 0) is 57.5 Å². The summed E-state index contributed by atoms with van der Waals surface area (Å²) in [6.07, 6.45) is 4.24. The van der Waals surface area contributed by atoms with Gasteiger partial charge in [-0.1, -0.05) is 18.2 Å². The van der Waals surface area contributed by atoms with Crippen LogP contribution in [-0.4, -0.2) is 47.4 Å². The number of H-pyrrole nitrogens is 1. The molecule has 0 bridgehead atoms. The fraction of sp³-hybridized carbons (Fsp3) is 0.526. The maximum absolute atomic E-state index is 12.3. The van der Waals surface area contributed by atoms with Crippen LogP contribution in [0.15, 0.2) is 24.3 Å². The van der Waals surface area contributed by atoms with E-state index in [9.17, 15) is 4.79 Å². The molecule has 2 aromatic rings. The van der Waals surface area contributed by atoms with Gasteiger partial charge in [0.15, 0.2) is 0 Å². The summed E-state index contributed by atoms with van der Waals surface area (Å²) >= 11 is 0. The molecule has 0 saturated carbocycles. The van der Waals surface area contributed by atoms with Crippen molar-refractivity contribution in [1.82, 2.24) is 14.8 Å². The van der Waals surface area contributed by atoms with Gasteiger partial charge in [-0.15, -0.1) is 0 Å². The number of benzene rings is 1. The Labute approximate surface area is 138 Å². The average Bonchev–Trinajstić information content (AvgIpc) is 3.17. The zero-order chi connectivity index (χ0) is 16.2. The van der Waals surface area contributed by atoms with E-state index in [-0.39, 0.29) is 5.91 Å². The Morgan fingerprint density at radius 2 is 2.00 bits per heavy atom. The number of nitrogens with zero attached hydrogens (tertiary/aromatic N) is 2. The minimum absolute atomic E-state index is 0.238. The summed E-state index contributed by atoms with van der Waals surface area (Å²) in [5, 5.41) is 1.25. The molecule has 0 atom stereocenters. The van der Waals surface area contributed by atoms with E-state index >= 15 is 0 Å². The van der Waals surface area contributed by atoms with Crippen LogP contribution in [0.25, 0.3) is 10.9 Å². The number of carbonyl (C=O) groups is 1. The Morgan fingerprint density at radius 3 is 2.74 bits per heavy atom. The molecule has 1 amide bonds. The van der Waals surface area contributed by atoms with Crippen LogP contribution in [0.3, 0.4) is 0 Å². The molecule has 0 radical (unpaired) electrons. The second-order valence-electron chi connectivity index (χ2n) is 6.68. The molecule has 124 valence electrons. The molecule has 0 spiro atoms. The van der Waals surface area contributed by atoms with Gasteiger partial charge < -0.3 is 14.8 Å². The summed E-state index contributed by atoms with van der Waals surface area (Å²) in [4.78, 5) is 20.1. The number of rotatable bonds is 6. The smallest absolute Gasteiger partial charge is 0.222 e. The van der Waals surface area contributed by atoms with Crippen LogP contribution in [0, 0.1) is 6.92 Å². The molecule has 23 heavy (non-hydrogen) atoms. The standard InChI is InChI=1S/C19H27N3O/c1-15-16-8-3-4-9-17(16)20-18(15)14-21(2)19(23)10-7-13-22-11-5-6-12-22/h3-4,8-9,20H,5-7,10-14H2,1-2H3. The lowest BCUT2D eigenvalue weighted by molar-refractivity contribution is -0.130. The predicted octanol–water partition coefficient (Wildman–Crippen LogP) is 3.31. The van der Waals surface area contributed by atoms with Gasteiger partial charge in [0.25, 0.3) is 0 Å². The molecule has 1 aliphatic heterocycles. The Balaban J connectivity index is 1.53. The van der Waals surface area contributed by atoms with E-state index < -0.39 is 0 Å². The third-order valence-electron chi connectivity index (χ3n) is 4.95. The number of amides is 1. The number of carbonyl (C=O) groups excluding carboxylic acids is 1. The normalized spacial score (nSPS) is 15.4. The molecule has 0 aliphatic carbocycles. The first-order valence-corrected chi connectivity index (χ1v) is 8.67. The molecule has 4 heteroatoms. The Bertz CT molecular complexity index is 670. The topological polar surface area (TPSA) is 39.3 Å². The van der Waals surface area contributed by atoms with Gasteiger partial charge in [0, 0.05) is 30.1 Å². The van der Waals surface area contributed by atoms with Crippen molar-refractivity contribution in [2.75, 3.05) is 26.7 Å². The van der Waals surface area contributed by atoms with Crippen LogP contribution in [0.5, 0.6) is 0 Å². The van der Waals surface area contributed by atoms with Crippen LogP contribution >= 0.6 is 0 Å². The SMILES string of the molecule is Cc1c(CN(C)C(=O)CCCN2CCCC2)[nH]c2ccccc12. The first-order valence-electron chi connectivity index (χ1n) is 8.67. The van der Waals surface area contributed by atoms with E-state index in [0.717, 1.165) is 24.2 Å². The lowest BCUT2D eigenvalue weighted by Gasteiger charge is -2.18. The largest absolute Gasteiger partial charge is 0.357 e. The molecule has 1 aliphatic rings. The monoisotopic (exact) mass is 313 g/mol. The Kier molecular flexibility index (Phi) is 5.01. The molecular formula is C19H27N3O. The van der Waals surface area contributed by atoms with Gasteiger partial charge in [-0.25, -0.2) is 0 Å². The molecule has 2 heterocycles. The van der Waals surface area contributed by atoms with Gasteiger partial charge in [0.05, 0.1) is 6.54 Å². The number of nitrogens with one attached hydrogen (secondary N) is 1. The number of aryl methyl sites for hydroxylation is 1. The molecule has 0 unspecified atom stereocenters. The fourth-order valence-electron chi connectivity index (χ4n) is 3.47. The Morgan fingerprint density at radius 1 is 1.26 bits per heavy atom. The quantitative estimate of drug-likeness (QED) is 0.888. The van der Waals surface area contributed by atoms with Crippen molar-refractivity contribution in [1.29, 1.82) is 0 Å². The van der Waals surface area contributed by atoms with Crippen molar-refractivity contribution >= 4 is 16.8 Å². The first kappa shape index (κ1) is 16.1. The lowest BCUT2D eigenvalue weighted by atomic mass is 10.1. The number of likely N-dealkylation sites (tertiary alicyclic amines) is 1. The third kappa shape index (κ3) is 3.75. The number of para-hydroxylation sites is 1. The average molecular weight is 313 g/mol. The zero-order valence-electron chi connectivity index (χ0n) is 14.3. The van der Waals surface area contributed by atoms with Crippen LogP contribution in [-0.2, 0) is 11.3 Å². The van der Waals surface area contributed by atoms with Crippen LogP contribution in [0.4, 0.5) is 0 Å². The summed E-state index contributed by atoms with van der Waals surface area (Å²) in [7, 11) is 1.91. The fourth-order valence-corrected chi connectivity index (χ4v) is 3.47. The highest BCUT2D eigenvalue weighted by molar-refractivity contribution is 5.84. The number of hydrogen-bond acceptors (Lipinski definition) is 2. The summed E-state index contributed by atoms with van der Waals surface area (Å²) in [5.74, 6) is 0.238. The van der Waals surface area contributed by atoms with E-state index in [1.165, 1.54) is 36.9 Å². The van der Waals surface area contributed by atoms with Gasteiger partial charge in [-0.2, -0.15) is 0 Å². The second-order valence-corrected chi connectivity index (χ2v) is 6.68. The number of hydrogen-bond donors (Lipinski definition) is 1. The summed E-state index contributed by atoms with van der Waals surface area (Å²) in [6.45, 7) is 6.25. The molecular weight excluding hydrogens is 286 g/mol. The molecule has 3 rings (SSSR count). The van der Waals surface area contributed by atoms with E-state index in [0.29, 0.717) is 13.0 Å². The zero-order valence-corrected chi connectivity index (χ0v) is 14.3. The Hall–Kier alpha value is -1.81. The minimum atomic E-state index is 0.238. The van der Waals surface area contributed by atoms with Crippen molar-refractivity contribution in [3.8, 4) is 0 Å². The van der Waals surface area contributed by atoms with Gasteiger partial charge in [0.2, 0.25) is 5.91 Å². The first-order chi connectivity index (χ1) is 11.1. The van der Waals surface area contributed by atoms with Crippen LogP contribution in [0.1, 0.15) is 36.9 Å². The highest BCUT2D eigenvalue weighted by atomic mass is 16.2. The molecule has 4 nitrogen and oxygen atoms in total. The number of aromatic amines is 1. The van der Waals surface area contributed by atoms with Crippen molar-refractivity contribution in [2.45, 2.75) is 39.2 Å². The van der Waals surface area contributed by atoms with E-state index in [1.807, 2.05) is 18.0 Å². The van der Waals surface area contributed by atoms with E-state index in [4.69, 9.17) is 0 Å². The third-order valence-corrected chi connectivity index (χ3v) is 4.95. The van der Waals surface area contributed by atoms with Crippen LogP contribution in [0.2, 0.25) is 0 Å². The highest BCUT2D eigenvalue weighted by Crippen LogP contribution is 2.22. The molecule has 1 fully saturated rings. The van der Waals surface area contributed by atoms with Crippen molar-refractivity contribution in [3.05, 3.63) is 35.5 Å². The molecule has 1 aromatic heterocycles. The lowest BCUT2D eigenvalue weighted by Crippen LogP contribution is -2.28. The van der Waals surface area contributed by atoms with E-state index in [2.05, 4.69) is 35.0 Å². The molecule has 1 saturated heterocycles. The summed E-state index contributed by atoms with van der Waals surface area (Å²) < 4.78 is 0.